The molecule has 21 heavy (non-hydrogen) atoms. The maximum Gasteiger partial charge on any atom is 0.282 e. The summed E-state index contributed by atoms with van der Waals surface area (Å²) in [4.78, 5) is 22.6. The Morgan fingerprint density at radius 3 is 2.33 bits per heavy atom. The molecule has 0 aliphatic heterocycles. The predicted molar refractivity (Wildman–Crippen MR) is 80.2 cm³/mol. The highest BCUT2D eigenvalue weighted by Crippen LogP contribution is 2.19. The maximum atomic E-state index is 12.1. The van der Waals surface area contributed by atoms with E-state index in [2.05, 4.69) is 5.32 Å². The summed E-state index contributed by atoms with van der Waals surface area (Å²) < 4.78 is 0. The number of carbonyl (C=O) groups excluding carboxylic acids is 1. The van der Waals surface area contributed by atoms with E-state index in [0.29, 0.717) is 6.54 Å². The van der Waals surface area contributed by atoms with E-state index in [9.17, 15) is 14.9 Å². The number of nitrogens with one attached hydrogen (secondary N) is 1. The van der Waals surface area contributed by atoms with Crippen molar-refractivity contribution in [3.8, 4) is 0 Å². The number of hydrogen-bond acceptors (Lipinski definition) is 3. The van der Waals surface area contributed by atoms with Gasteiger partial charge < -0.3 is 5.32 Å². The Labute approximate surface area is 122 Å². The van der Waals surface area contributed by atoms with Crippen molar-refractivity contribution in [2.45, 2.75) is 20.4 Å². The van der Waals surface area contributed by atoms with Crippen molar-refractivity contribution in [2.75, 3.05) is 0 Å². The molecule has 5 heteroatoms. The van der Waals surface area contributed by atoms with Crippen molar-refractivity contribution in [3.63, 3.8) is 0 Å². The first kappa shape index (κ1) is 14.7. The van der Waals surface area contributed by atoms with Crippen molar-refractivity contribution in [1.29, 1.82) is 0 Å². The second kappa shape index (κ2) is 6.17. The standard InChI is InChI=1S/C16H16N2O3/c1-11-3-6-13(7-4-11)10-17-16(19)14-9-12(2)5-8-15(14)18(20)21/h3-9H,10H2,1-2H3,(H,17,19). The lowest BCUT2D eigenvalue weighted by Gasteiger charge is -2.07. The van der Waals surface area contributed by atoms with E-state index >= 15 is 0 Å². The third-order valence-electron chi connectivity index (χ3n) is 3.17. The minimum atomic E-state index is -0.541. The van der Waals surface area contributed by atoms with Gasteiger partial charge in [0.25, 0.3) is 11.6 Å². The Morgan fingerprint density at radius 1 is 1.10 bits per heavy atom. The average Bonchev–Trinajstić information content (AvgIpc) is 2.46. The number of nitro benzene ring substituents is 1. The molecule has 1 N–H and O–H groups in total. The monoisotopic (exact) mass is 284 g/mol. The summed E-state index contributed by atoms with van der Waals surface area (Å²) in [7, 11) is 0. The van der Waals surface area contributed by atoms with E-state index in [0.717, 1.165) is 16.7 Å². The highest BCUT2D eigenvalue weighted by atomic mass is 16.6. The number of aryl methyl sites for hydroxylation is 2. The van der Waals surface area contributed by atoms with Crippen LogP contribution in [0.4, 0.5) is 5.69 Å². The molecule has 2 aromatic carbocycles. The van der Waals surface area contributed by atoms with Crippen LogP contribution in [0.25, 0.3) is 0 Å². The number of rotatable bonds is 4. The molecule has 0 aromatic heterocycles. The first-order chi connectivity index (χ1) is 9.97. The van der Waals surface area contributed by atoms with E-state index in [1.807, 2.05) is 31.2 Å². The lowest BCUT2D eigenvalue weighted by molar-refractivity contribution is -0.385. The Kier molecular flexibility index (Phi) is 4.33. The van der Waals surface area contributed by atoms with Crippen molar-refractivity contribution in [1.82, 2.24) is 5.32 Å². The number of amides is 1. The predicted octanol–water partition coefficient (Wildman–Crippen LogP) is 3.14. The van der Waals surface area contributed by atoms with Gasteiger partial charge in [-0.1, -0.05) is 35.9 Å². The molecule has 0 heterocycles. The zero-order valence-corrected chi connectivity index (χ0v) is 11.9. The van der Waals surface area contributed by atoms with Gasteiger partial charge in [-0.05, 0) is 31.0 Å². The molecular formula is C16H16N2O3. The minimum absolute atomic E-state index is 0.0899. The number of hydrogen-bond donors (Lipinski definition) is 1. The van der Waals surface area contributed by atoms with Gasteiger partial charge in [-0.3, -0.25) is 14.9 Å². The Balaban J connectivity index is 2.15. The fourth-order valence-corrected chi connectivity index (χ4v) is 1.97. The topological polar surface area (TPSA) is 72.2 Å². The van der Waals surface area contributed by atoms with Crippen LogP contribution >= 0.6 is 0 Å². The lowest BCUT2D eigenvalue weighted by Crippen LogP contribution is -2.23. The van der Waals surface area contributed by atoms with Crippen LogP contribution in [0.5, 0.6) is 0 Å². The van der Waals surface area contributed by atoms with Crippen LogP contribution in [0.15, 0.2) is 42.5 Å². The summed E-state index contributed by atoms with van der Waals surface area (Å²) in [5.41, 5.74) is 2.80. The van der Waals surface area contributed by atoms with E-state index in [-0.39, 0.29) is 11.3 Å². The largest absolute Gasteiger partial charge is 0.348 e. The molecule has 0 aliphatic carbocycles. The van der Waals surface area contributed by atoms with Crippen molar-refractivity contribution in [2.24, 2.45) is 0 Å². The van der Waals surface area contributed by atoms with Crippen LogP contribution in [0.3, 0.4) is 0 Å². The van der Waals surface area contributed by atoms with Gasteiger partial charge in [0, 0.05) is 12.6 Å². The summed E-state index contributed by atoms with van der Waals surface area (Å²) in [5, 5.41) is 13.7. The average molecular weight is 284 g/mol. The number of nitro groups is 1. The normalized spacial score (nSPS) is 10.2. The van der Waals surface area contributed by atoms with E-state index in [1.165, 1.54) is 12.1 Å². The summed E-state index contributed by atoms with van der Waals surface area (Å²) in [6.07, 6.45) is 0. The molecular weight excluding hydrogens is 268 g/mol. The minimum Gasteiger partial charge on any atom is -0.348 e. The molecule has 2 rings (SSSR count). The Bertz CT molecular complexity index is 678. The highest BCUT2D eigenvalue weighted by molar-refractivity contribution is 5.98. The number of benzene rings is 2. The molecule has 0 fully saturated rings. The summed E-state index contributed by atoms with van der Waals surface area (Å²) in [5.74, 6) is -0.439. The van der Waals surface area contributed by atoms with Crippen LogP contribution in [0.1, 0.15) is 27.0 Å². The van der Waals surface area contributed by atoms with Crippen LogP contribution in [0, 0.1) is 24.0 Å². The van der Waals surface area contributed by atoms with Gasteiger partial charge >= 0.3 is 0 Å². The van der Waals surface area contributed by atoms with Crippen molar-refractivity contribution >= 4 is 11.6 Å². The van der Waals surface area contributed by atoms with Gasteiger partial charge in [-0.25, -0.2) is 0 Å². The fraction of sp³-hybridized carbons (Fsp3) is 0.188. The van der Waals surface area contributed by atoms with E-state index in [4.69, 9.17) is 0 Å². The molecule has 0 atom stereocenters. The van der Waals surface area contributed by atoms with Crippen LogP contribution in [-0.2, 0) is 6.54 Å². The zero-order valence-electron chi connectivity index (χ0n) is 11.9. The SMILES string of the molecule is Cc1ccc(CNC(=O)c2cc(C)ccc2[N+](=O)[O-])cc1. The van der Waals surface area contributed by atoms with Crippen LogP contribution in [0.2, 0.25) is 0 Å². The van der Waals surface area contributed by atoms with Gasteiger partial charge in [0.2, 0.25) is 0 Å². The molecule has 0 saturated heterocycles. The van der Waals surface area contributed by atoms with Gasteiger partial charge in [-0.15, -0.1) is 0 Å². The third kappa shape index (κ3) is 3.66. The second-order valence-electron chi connectivity index (χ2n) is 4.95. The van der Waals surface area contributed by atoms with Crippen molar-refractivity contribution < 1.29 is 9.72 Å². The Morgan fingerprint density at radius 2 is 1.71 bits per heavy atom. The quantitative estimate of drug-likeness (QED) is 0.692. The van der Waals surface area contributed by atoms with Crippen molar-refractivity contribution in [3.05, 3.63) is 74.8 Å². The second-order valence-corrected chi connectivity index (χ2v) is 4.95. The van der Waals surface area contributed by atoms with Gasteiger partial charge in [0.15, 0.2) is 0 Å². The molecule has 1 amide bonds. The first-order valence-electron chi connectivity index (χ1n) is 6.56. The molecule has 0 unspecified atom stereocenters. The fourth-order valence-electron chi connectivity index (χ4n) is 1.97. The zero-order chi connectivity index (χ0) is 15.4. The molecule has 0 spiro atoms. The highest BCUT2D eigenvalue weighted by Gasteiger charge is 2.19. The summed E-state index contributed by atoms with van der Waals surface area (Å²) >= 11 is 0. The number of carbonyl (C=O) groups is 1. The lowest BCUT2D eigenvalue weighted by atomic mass is 10.1. The van der Waals surface area contributed by atoms with E-state index < -0.39 is 10.8 Å². The molecule has 0 radical (unpaired) electrons. The summed E-state index contributed by atoms with van der Waals surface area (Å²) in [6, 6.07) is 12.3. The van der Waals surface area contributed by atoms with Gasteiger partial charge in [-0.2, -0.15) is 0 Å². The first-order valence-corrected chi connectivity index (χ1v) is 6.56. The number of nitrogens with zero attached hydrogens (tertiary/aromatic N) is 1. The molecule has 108 valence electrons. The maximum absolute atomic E-state index is 12.1. The van der Waals surface area contributed by atoms with E-state index in [1.54, 1.807) is 13.0 Å². The molecule has 0 saturated carbocycles. The van der Waals surface area contributed by atoms with Crippen LogP contribution in [-0.4, -0.2) is 10.8 Å². The summed E-state index contributed by atoms with van der Waals surface area (Å²) in [6.45, 7) is 4.11. The smallest absolute Gasteiger partial charge is 0.282 e. The van der Waals surface area contributed by atoms with Gasteiger partial charge in [0.1, 0.15) is 5.56 Å². The third-order valence-corrected chi connectivity index (χ3v) is 3.17. The van der Waals surface area contributed by atoms with Crippen LogP contribution < -0.4 is 5.32 Å². The molecule has 0 aliphatic rings. The molecule has 5 nitrogen and oxygen atoms in total. The molecule has 2 aromatic rings. The molecule has 0 bridgehead atoms. The Hall–Kier alpha value is -2.69. The van der Waals surface area contributed by atoms with Gasteiger partial charge in [0.05, 0.1) is 4.92 Å².